The van der Waals surface area contributed by atoms with E-state index in [4.69, 9.17) is 0 Å². The molecule has 1 rings (SSSR count). The predicted molar refractivity (Wildman–Crippen MR) is 68.0 cm³/mol. The highest BCUT2D eigenvalue weighted by Gasteiger charge is 2.30. The van der Waals surface area contributed by atoms with Gasteiger partial charge in [-0.1, -0.05) is 12.1 Å². The zero-order valence-electron chi connectivity index (χ0n) is 11.0. The summed E-state index contributed by atoms with van der Waals surface area (Å²) < 4.78 is 37.1. The Morgan fingerprint density at radius 2 is 1.90 bits per heavy atom. The van der Waals surface area contributed by atoms with Crippen molar-refractivity contribution in [2.45, 2.75) is 19.2 Å². The molecule has 0 radical (unpaired) electrons. The molecule has 0 spiro atoms. The molecule has 112 valence electrons. The minimum absolute atomic E-state index is 0.0472. The largest absolute Gasteiger partial charge is 0.416 e. The summed E-state index contributed by atoms with van der Waals surface area (Å²) >= 11 is 0. The summed E-state index contributed by atoms with van der Waals surface area (Å²) in [4.78, 5) is 11.1. The number of rotatable bonds is 6. The first kappa shape index (κ1) is 16.5. The van der Waals surface area contributed by atoms with E-state index in [-0.39, 0.29) is 19.0 Å². The second kappa shape index (κ2) is 7.25. The maximum absolute atomic E-state index is 12.4. The second-order valence-electron chi connectivity index (χ2n) is 4.22. The van der Waals surface area contributed by atoms with E-state index in [1.807, 2.05) is 0 Å². The van der Waals surface area contributed by atoms with Gasteiger partial charge in [-0.05, 0) is 24.6 Å². The van der Waals surface area contributed by atoms with Crippen LogP contribution in [0.15, 0.2) is 24.3 Å². The van der Waals surface area contributed by atoms with Crippen molar-refractivity contribution in [2.75, 3.05) is 19.6 Å². The highest BCUT2D eigenvalue weighted by atomic mass is 19.4. The molecule has 1 atom stereocenters. The standard InChI is InChI=1S/C13H17F3N2O2/c1-2-18-12(20)8-17-7-11(19)9-3-5-10(6-4-9)13(14,15)16/h3-6,11,17,19H,2,7-8H2,1H3,(H,18,20). The molecule has 4 nitrogen and oxygen atoms in total. The summed E-state index contributed by atoms with van der Waals surface area (Å²) in [7, 11) is 0. The van der Waals surface area contributed by atoms with Crippen LogP contribution in [-0.2, 0) is 11.0 Å². The zero-order valence-corrected chi connectivity index (χ0v) is 11.0. The lowest BCUT2D eigenvalue weighted by Crippen LogP contribution is -2.35. The van der Waals surface area contributed by atoms with E-state index in [1.54, 1.807) is 6.92 Å². The van der Waals surface area contributed by atoms with E-state index >= 15 is 0 Å². The van der Waals surface area contributed by atoms with Gasteiger partial charge < -0.3 is 15.7 Å². The fourth-order valence-corrected chi connectivity index (χ4v) is 1.59. The molecule has 0 aliphatic heterocycles. The smallest absolute Gasteiger partial charge is 0.387 e. The van der Waals surface area contributed by atoms with Gasteiger partial charge in [0.15, 0.2) is 0 Å². The van der Waals surface area contributed by atoms with E-state index in [2.05, 4.69) is 10.6 Å². The van der Waals surface area contributed by atoms with Gasteiger partial charge in [-0.2, -0.15) is 13.2 Å². The topological polar surface area (TPSA) is 61.4 Å². The first-order valence-corrected chi connectivity index (χ1v) is 6.17. The summed E-state index contributed by atoms with van der Waals surface area (Å²) in [6.45, 7) is 2.44. The third-order valence-corrected chi connectivity index (χ3v) is 2.62. The minimum Gasteiger partial charge on any atom is -0.387 e. The Morgan fingerprint density at radius 1 is 1.30 bits per heavy atom. The number of aliphatic hydroxyl groups excluding tert-OH is 1. The van der Waals surface area contributed by atoms with Gasteiger partial charge in [-0.25, -0.2) is 0 Å². The van der Waals surface area contributed by atoms with Crippen LogP contribution in [0.1, 0.15) is 24.2 Å². The van der Waals surface area contributed by atoms with Crippen molar-refractivity contribution in [2.24, 2.45) is 0 Å². The van der Waals surface area contributed by atoms with Crippen molar-refractivity contribution < 1.29 is 23.1 Å². The van der Waals surface area contributed by atoms with Gasteiger partial charge in [0.05, 0.1) is 18.2 Å². The van der Waals surface area contributed by atoms with Crippen LogP contribution in [-0.4, -0.2) is 30.6 Å². The van der Waals surface area contributed by atoms with Crippen LogP contribution in [0.2, 0.25) is 0 Å². The third-order valence-electron chi connectivity index (χ3n) is 2.62. The number of hydrogen-bond donors (Lipinski definition) is 3. The molecule has 7 heteroatoms. The van der Waals surface area contributed by atoms with Crippen LogP contribution in [0.5, 0.6) is 0 Å². The molecule has 0 saturated heterocycles. The lowest BCUT2D eigenvalue weighted by atomic mass is 10.1. The number of alkyl halides is 3. The fourth-order valence-electron chi connectivity index (χ4n) is 1.59. The van der Waals surface area contributed by atoms with E-state index in [0.29, 0.717) is 12.1 Å². The second-order valence-corrected chi connectivity index (χ2v) is 4.22. The van der Waals surface area contributed by atoms with Gasteiger partial charge in [-0.3, -0.25) is 4.79 Å². The fraction of sp³-hybridized carbons (Fsp3) is 0.462. The average molecular weight is 290 g/mol. The van der Waals surface area contributed by atoms with Crippen molar-refractivity contribution in [3.8, 4) is 0 Å². The molecule has 0 bridgehead atoms. The number of carbonyl (C=O) groups is 1. The summed E-state index contributed by atoms with van der Waals surface area (Å²) in [6.07, 6.45) is -5.35. The Kier molecular flexibility index (Phi) is 5.97. The van der Waals surface area contributed by atoms with Gasteiger partial charge in [0.25, 0.3) is 0 Å². The molecule has 0 aliphatic rings. The molecule has 0 aromatic heterocycles. The zero-order chi connectivity index (χ0) is 15.2. The lowest BCUT2D eigenvalue weighted by Gasteiger charge is -2.13. The molecular weight excluding hydrogens is 273 g/mol. The molecule has 1 aromatic carbocycles. The molecule has 0 fully saturated rings. The van der Waals surface area contributed by atoms with Crippen LogP contribution in [0.3, 0.4) is 0 Å². The number of hydrogen-bond acceptors (Lipinski definition) is 3. The number of aliphatic hydroxyl groups is 1. The van der Waals surface area contributed by atoms with Crippen LogP contribution in [0.4, 0.5) is 13.2 Å². The Morgan fingerprint density at radius 3 is 2.40 bits per heavy atom. The van der Waals surface area contributed by atoms with Gasteiger partial charge >= 0.3 is 6.18 Å². The number of likely N-dealkylation sites (N-methyl/N-ethyl adjacent to an activating group) is 1. The summed E-state index contributed by atoms with van der Waals surface area (Å²) in [5.41, 5.74) is -0.398. The highest BCUT2D eigenvalue weighted by molar-refractivity contribution is 5.77. The Bertz CT molecular complexity index is 432. The molecule has 1 aromatic rings. The normalized spacial score (nSPS) is 13.1. The van der Waals surface area contributed by atoms with Crippen LogP contribution < -0.4 is 10.6 Å². The van der Waals surface area contributed by atoms with Gasteiger partial charge in [0, 0.05) is 13.1 Å². The van der Waals surface area contributed by atoms with E-state index in [1.165, 1.54) is 12.1 Å². The van der Waals surface area contributed by atoms with E-state index in [0.717, 1.165) is 12.1 Å². The average Bonchev–Trinajstić information content (AvgIpc) is 2.38. The minimum atomic E-state index is -4.39. The molecule has 0 saturated carbocycles. The SMILES string of the molecule is CCNC(=O)CNCC(O)c1ccc(C(F)(F)F)cc1. The van der Waals surface area contributed by atoms with Crippen molar-refractivity contribution in [3.63, 3.8) is 0 Å². The molecule has 1 unspecified atom stereocenters. The maximum Gasteiger partial charge on any atom is 0.416 e. The van der Waals surface area contributed by atoms with E-state index < -0.39 is 17.8 Å². The number of nitrogens with one attached hydrogen (secondary N) is 2. The van der Waals surface area contributed by atoms with Crippen molar-refractivity contribution in [3.05, 3.63) is 35.4 Å². The molecule has 1 amide bonds. The molecule has 20 heavy (non-hydrogen) atoms. The predicted octanol–water partition coefficient (Wildman–Crippen LogP) is 1.46. The van der Waals surface area contributed by atoms with Gasteiger partial charge in [-0.15, -0.1) is 0 Å². The highest BCUT2D eigenvalue weighted by Crippen LogP contribution is 2.29. The van der Waals surface area contributed by atoms with E-state index in [9.17, 15) is 23.1 Å². The van der Waals surface area contributed by atoms with Crippen LogP contribution in [0.25, 0.3) is 0 Å². The molecule has 0 heterocycles. The quantitative estimate of drug-likeness (QED) is 0.743. The van der Waals surface area contributed by atoms with Gasteiger partial charge in [0.1, 0.15) is 0 Å². The van der Waals surface area contributed by atoms with Crippen molar-refractivity contribution >= 4 is 5.91 Å². The Hall–Kier alpha value is -1.60. The third kappa shape index (κ3) is 5.18. The Labute approximate surface area is 115 Å². The maximum atomic E-state index is 12.4. The number of carbonyl (C=O) groups excluding carboxylic acids is 1. The van der Waals surface area contributed by atoms with Crippen molar-refractivity contribution in [1.29, 1.82) is 0 Å². The van der Waals surface area contributed by atoms with Crippen LogP contribution >= 0.6 is 0 Å². The lowest BCUT2D eigenvalue weighted by molar-refractivity contribution is -0.137. The molecular formula is C13H17F3N2O2. The summed E-state index contributed by atoms with van der Waals surface area (Å²) in [5, 5.41) is 15.1. The summed E-state index contributed by atoms with van der Waals surface area (Å²) in [6, 6.07) is 4.28. The van der Waals surface area contributed by atoms with Crippen molar-refractivity contribution in [1.82, 2.24) is 10.6 Å². The molecule has 3 N–H and O–H groups in total. The first-order valence-electron chi connectivity index (χ1n) is 6.17. The number of benzene rings is 1. The Balaban J connectivity index is 2.48. The molecule has 0 aliphatic carbocycles. The monoisotopic (exact) mass is 290 g/mol. The first-order chi connectivity index (χ1) is 9.34. The number of amides is 1. The van der Waals surface area contributed by atoms with Gasteiger partial charge in [0.2, 0.25) is 5.91 Å². The summed E-state index contributed by atoms with van der Waals surface area (Å²) in [5.74, 6) is -0.202. The number of halogens is 3. The van der Waals surface area contributed by atoms with Crippen LogP contribution in [0, 0.1) is 0 Å².